The standard InChI is InChI=1S/C46H26N2O8S2/c49-39-31-17-9-7-15-29(31)33(41(39)51)19-27-21-35-43(57-27)38-37(47(35)45(53)55-23-25-11-3-1-4-12-25)44-36(48(38)46(54)56-24-26-13-5-2-6-14-26)22-28(58-44)20-34-30-16-8-10-18-32(30)40(50)42(34)52/h1-22H,23-24H2/b33-19-,34-20-. The Morgan fingerprint density at radius 1 is 0.483 bits per heavy atom. The fourth-order valence-electron chi connectivity index (χ4n) is 7.57. The number of allylic oxidation sites excluding steroid dienone is 2. The molecule has 0 saturated heterocycles. The monoisotopic (exact) mass is 798 g/mol. The maximum atomic E-state index is 14.4. The zero-order valence-electron chi connectivity index (χ0n) is 30.1. The minimum absolute atomic E-state index is 0.0322. The second kappa shape index (κ2) is 13.7. The van der Waals surface area contributed by atoms with Crippen LogP contribution >= 0.6 is 22.7 Å². The second-order valence-corrected chi connectivity index (χ2v) is 15.9. The molecule has 0 saturated carbocycles. The van der Waals surface area contributed by atoms with E-state index < -0.39 is 35.3 Å². The molecule has 4 aromatic carbocycles. The summed E-state index contributed by atoms with van der Waals surface area (Å²) >= 11 is 2.49. The number of carbonyl (C=O) groups is 6. The molecule has 2 aliphatic rings. The van der Waals surface area contributed by atoms with Crippen LogP contribution in [0.5, 0.6) is 0 Å². The summed E-state index contributed by atoms with van der Waals surface area (Å²) in [5.41, 5.74) is 5.27. The Morgan fingerprint density at radius 2 is 0.845 bits per heavy atom. The summed E-state index contributed by atoms with van der Waals surface area (Å²) in [4.78, 5) is 82.0. The van der Waals surface area contributed by atoms with Crippen molar-refractivity contribution in [2.75, 3.05) is 0 Å². The Morgan fingerprint density at radius 3 is 1.24 bits per heavy atom. The summed E-state index contributed by atoms with van der Waals surface area (Å²) in [6.07, 6.45) is 1.84. The average molecular weight is 799 g/mol. The Bertz CT molecular complexity index is 2960. The average Bonchev–Trinajstić information content (AvgIpc) is 4.07. The molecule has 0 fully saturated rings. The summed E-state index contributed by atoms with van der Waals surface area (Å²) in [6, 6.07) is 35.5. The number of Topliss-reactive ketones (excluding diaryl/α,β-unsaturated/α-hetero) is 4. The van der Waals surface area contributed by atoms with E-state index >= 15 is 0 Å². The first-order valence-electron chi connectivity index (χ1n) is 18.1. The van der Waals surface area contributed by atoms with Gasteiger partial charge in [0.05, 0.1) is 31.5 Å². The highest BCUT2D eigenvalue weighted by Gasteiger charge is 2.36. The highest BCUT2D eigenvalue weighted by atomic mass is 32.1. The van der Waals surface area contributed by atoms with Gasteiger partial charge in [-0.1, -0.05) is 109 Å². The maximum absolute atomic E-state index is 14.4. The Hall–Kier alpha value is -7.28. The fraction of sp³-hybridized carbons (Fsp3) is 0.0435. The topological polar surface area (TPSA) is 131 Å². The maximum Gasteiger partial charge on any atom is 0.419 e. The molecule has 2 aliphatic carbocycles. The number of ether oxygens (including phenoxy) is 2. The van der Waals surface area contributed by atoms with Crippen molar-refractivity contribution in [1.29, 1.82) is 0 Å². The Labute approximate surface area is 336 Å². The second-order valence-electron chi connectivity index (χ2n) is 13.7. The molecule has 0 atom stereocenters. The van der Waals surface area contributed by atoms with Gasteiger partial charge >= 0.3 is 12.2 Å². The van der Waals surface area contributed by atoms with E-state index in [1.807, 2.05) is 60.7 Å². The van der Waals surface area contributed by atoms with Crippen molar-refractivity contribution in [2.45, 2.75) is 13.2 Å². The molecular weight excluding hydrogens is 773 g/mol. The van der Waals surface area contributed by atoms with Crippen molar-refractivity contribution >= 4 is 113 Å². The van der Waals surface area contributed by atoms with Gasteiger partial charge in [0.25, 0.3) is 0 Å². The van der Waals surface area contributed by atoms with E-state index in [0.29, 0.717) is 63.5 Å². The van der Waals surface area contributed by atoms with Gasteiger partial charge in [-0.2, -0.15) is 0 Å². The summed E-state index contributed by atoms with van der Waals surface area (Å²) in [5.74, 6) is -2.44. The van der Waals surface area contributed by atoms with E-state index in [-0.39, 0.29) is 24.4 Å². The lowest BCUT2D eigenvalue weighted by Gasteiger charge is -2.07. The van der Waals surface area contributed by atoms with Gasteiger partial charge in [0, 0.05) is 32.0 Å². The number of aromatic nitrogens is 2. The minimum Gasteiger partial charge on any atom is -0.444 e. The lowest BCUT2D eigenvalue weighted by molar-refractivity contribution is -0.110. The first-order chi connectivity index (χ1) is 28.3. The molecule has 0 spiro atoms. The molecule has 0 radical (unpaired) electrons. The summed E-state index contributed by atoms with van der Waals surface area (Å²) < 4.78 is 15.7. The van der Waals surface area contributed by atoms with Crippen molar-refractivity contribution in [1.82, 2.24) is 9.13 Å². The van der Waals surface area contributed by atoms with E-state index in [1.54, 1.807) is 72.8 Å². The van der Waals surface area contributed by atoms with Crippen LogP contribution in [0.2, 0.25) is 0 Å². The predicted molar refractivity (Wildman–Crippen MR) is 222 cm³/mol. The SMILES string of the molecule is O=C1C(=O)c2ccccc2/C1=C/c1cc2c(s1)c1c(c3sc(/C=C4\C(=O)C(=O)c5ccccc54)cc3n1C(=O)OCc1ccccc1)n2C(=O)OCc1ccccc1. The number of rotatable bonds is 6. The molecule has 0 amide bonds. The van der Waals surface area contributed by atoms with Gasteiger partial charge in [-0.15, -0.1) is 22.7 Å². The number of nitrogens with zero attached hydrogens (tertiary/aromatic N) is 2. The van der Waals surface area contributed by atoms with Crippen molar-refractivity contribution in [3.8, 4) is 0 Å². The van der Waals surface area contributed by atoms with Crippen LogP contribution in [0.15, 0.2) is 121 Å². The van der Waals surface area contributed by atoms with Crippen molar-refractivity contribution in [3.05, 3.63) is 164 Å². The van der Waals surface area contributed by atoms with Crippen LogP contribution in [0.25, 0.3) is 54.8 Å². The van der Waals surface area contributed by atoms with Crippen LogP contribution in [0, 0.1) is 0 Å². The van der Waals surface area contributed by atoms with Crippen LogP contribution in [-0.2, 0) is 32.3 Å². The number of thiophene rings is 2. The van der Waals surface area contributed by atoms with Gasteiger partial charge in [0.2, 0.25) is 23.1 Å². The molecule has 0 bridgehead atoms. The zero-order chi connectivity index (χ0) is 39.7. The molecular formula is C46H26N2O8S2. The molecule has 280 valence electrons. The number of fused-ring (bicyclic) bond motifs is 7. The lowest BCUT2D eigenvalue weighted by atomic mass is 10.1. The third-order valence-corrected chi connectivity index (χ3v) is 12.4. The number of ketones is 4. The molecule has 8 aromatic rings. The van der Waals surface area contributed by atoms with E-state index in [2.05, 4.69) is 0 Å². The van der Waals surface area contributed by atoms with Crippen LogP contribution in [-0.4, -0.2) is 44.5 Å². The largest absolute Gasteiger partial charge is 0.444 e. The van der Waals surface area contributed by atoms with E-state index in [9.17, 15) is 28.8 Å². The van der Waals surface area contributed by atoms with Crippen molar-refractivity contribution in [2.24, 2.45) is 0 Å². The molecule has 0 N–H and O–H groups in total. The van der Waals surface area contributed by atoms with E-state index in [1.165, 1.54) is 31.8 Å². The molecule has 12 heteroatoms. The predicted octanol–water partition coefficient (Wildman–Crippen LogP) is 9.85. The lowest BCUT2D eigenvalue weighted by Crippen LogP contribution is -2.13. The highest BCUT2D eigenvalue weighted by Crippen LogP contribution is 2.46. The quantitative estimate of drug-likeness (QED) is 0.120. The van der Waals surface area contributed by atoms with Gasteiger partial charge in [0.15, 0.2) is 0 Å². The number of hydrogen-bond acceptors (Lipinski definition) is 10. The van der Waals surface area contributed by atoms with Crippen LogP contribution in [0.3, 0.4) is 0 Å². The third kappa shape index (κ3) is 5.60. The van der Waals surface area contributed by atoms with Crippen LogP contribution < -0.4 is 0 Å². The number of carbonyl (C=O) groups excluding carboxylic acids is 6. The first kappa shape index (κ1) is 35.2. The van der Waals surface area contributed by atoms with Crippen LogP contribution in [0.1, 0.15) is 52.7 Å². The summed E-state index contributed by atoms with van der Waals surface area (Å²) in [6.45, 7) is -0.0643. The molecule has 4 aromatic heterocycles. The summed E-state index contributed by atoms with van der Waals surface area (Å²) in [7, 11) is 0. The highest BCUT2D eigenvalue weighted by molar-refractivity contribution is 7.22. The third-order valence-electron chi connectivity index (χ3n) is 10.2. The molecule has 0 unspecified atom stereocenters. The summed E-state index contributed by atoms with van der Waals surface area (Å²) in [5, 5.41) is 0. The van der Waals surface area contributed by atoms with Crippen molar-refractivity contribution in [3.63, 3.8) is 0 Å². The smallest absolute Gasteiger partial charge is 0.419 e. The van der Waals surface area contributed by atoms with Gasteiger partial charge in [-0.3, -0.25) is 19.2 Å². The first-order valence-corrected chi connectivity index (χ1v) is 19.7. The Balaban J connectivity index is 1.19. The molecule has 58 heavy (non-hydrogen) atoms. The minimum atomic E-state index is -0.714. The van der Waals surface area contributed by atoms with E-state index in [0.717, 1.165) is 11.1 Å². The van der Waals surface area contributed by atoms with Gasteiger partial charge < -0.3 is 9.47 Å². The molecule has 10 nitrogen and oxygen atoms in total. The molecule has 4 heterocycles. The van der Waals surface area contributed by atoms with Gasteiger partial charge in [-0.05, 0) is 46.5 Å². The Kier molecular flexibility index (Phi) is 8.32. The number of hydrogen-bond donors (Lipinski definition) is 0. The zero-order valence-corrected chi connectivity index (χ0v) is 31.7. The molecule has 0 aliphatic heterocycles. The van der Waals surface area contributed by atoms with Gasteiger partial charge in [-0.25, -0.2) is 18.7 Å². The molecule has 10 rings (SSSR count). The van der Waals surface area contributed by atoms with Crippen LogP contribution in [0.4, 0.5) is 9.59 Å². The van der Waals surface area contributed by atoms with Gasteiger partial charge in [0.1, 0.15) is 13.2 Å². The van der Waals surface area contributed by atoms with E-state index in [4.69, 9.17) is 9.47 Å². The normalized spacial score (nSPS) is 15.0. The number of benzene rings is 4. The van der Waals surface area contributed by atoms with Crippen molar-refractivity contribution < 1.29 is 38.2 Å². The fourth-order valence-corrected chi connectivity index (χ4v) is 9.81.